The van der Waals surface area contributed by atoms with Crippen molar-refractivity contribution in [2.24, 2.45) is 0 Å². The van der Waals surface area contributed by atoms with Gasteiger partial charge in [0.15, 0.2) is 5.67 Å². The third-order valence-electron chi connectivity index (χ3n) is 3.99. The van der Waals surface area contributed by atoms with E-state index in [0.717, 1.165) is 16.5 Å². The summed E-state index contributed by atoms with van der Waals surface area (Å²) in [5.74, 6) is 0. The Bertz CT molecular complexity index is 694. The van der Waals surface area contributed by atoms with Gasteiger partial charge in [-0.25, -0.2) is 9.18 Å². The number of fused-ring (bicyclic) bond motifs is 1. The molecule has 22 heavy (non-hydrogen) atoms. The number of halogens is 1. The maximum absolute atomic E-state index is 13.9. The number of aliphatic hydroxyl groups is 1. The molecule has 3 rings (SSSR count). The van der Waals surface area contributed by atoms with Crippen LogP contribution < -0.4 is 5.32 Å². The summed E-state index contributed by atoms with van der Waals surface area (Å²) in [6.45, 7) is 0.0918. The van der Waals surface area contributed by atoms with E-state index in [4.69, 9.17) is 5.11 Å². The van der Waals surface area contributed by atoms with Gasteiger partial charge in [0.2, 0.25) is 0 Å². The normalized spacial score (nSPS) is 21.3. The van der Waals surface area contributed by atoms with Gasteiger partial charge in [0.1, 0.15) is 0 Å². The van der Waals surface area contributed by atoms with Crippen LogP contribution in [0.15, 0.2) is 36.5 Å². The van der Waals surface area contributed by atoms with Crippen molar-refractivity contribution in [1.29, 1.82) is 0 Å². The predicted molar refractivity (Wildman–Crippen MR) is 81.1 cm³/mol. The van der Waals surface area contributed by atoms with Crippen molar-refractivity contribution in [2.45, 2.75) is 18.6 Å². The van der Waals surface area contributed by atoms with Crippen LogP contribution in [0.1, 0.15) is 12.0 Å². The molecule has 1 aliphatic heterocycles. The Morgan fingerprint density at radius 2 is 2.32 bits per heavy atom. The van der Waals surface area contributed by atoms with Gasteiger partial charge in [-0.1, -0.05) is 12.1 Å². The largest absolute Gasteiger partial charge is 0.393 e. The summed E-state index contributed by atoms with van der Waals surface area (Å²) in [5.41, 5.74) is 0.204. The molecule has 2 N–H and O–H groups in total. The third kappa shape index (κ3) is 3.01. The first-order chi connectivity index (χ1) is 10.6. The number of carbonyl (C=O) groups excluding carboxylic acids is 1. The van der Waals surface area contributed by atoms with Crippen LogP contribution in [0.25, 0.3) is 10.9 Å². The van der Waals surface area contributed by atoms with Gasteiger partial charge < -0.3 is 15.3 Å². The fourth-order valence-electron chi connectivity index (χ4n) is 2.66. The molecule has 1 aromatic heterocycles. The number of hydrogen-bond acceptors (Lipinski definition) is 3. The lowest BCUT2D eigenvalue weighted by Crippen LogP contribution is -2.41. The van der Waals surface area contributed by atoms with E-state index in [9.17, 15) is 9.18 Å². The minimum atomic E-state index is -1.66. The van der Waals surface area contributed by atoms with Crippen molar-refractivity contribution in [3.05, 3.63) is 42.1 Å². The van der Waals surface area contributed by atoms with Crippen molar-refractivity contribution in [2.75, 3.05) is 19.7 Å². The van der Waals surface area contributed by atoms with Crippen LogP contribution in [-0.2, 0) is 6.54 Å². The van der Waals surface area contributed by atoms with Gasteiger partial charge in [0.05, 0.1) is 18.7 Å². The van der Waals surface area contributed by atoms with Gasteiger partial charge in [-0.2, -0.15) is 0 Å². The molecule has 0 saturated carbocycles. The van der Waals surface area contributed by atoms with Gasteiger partial charge in [-0.15, -0.1) is 0 Å². The van der Waals surface area contributed by atoms with Crippen LogP contribution in [0.4, 0.5) is 9.18 Å². The van der Waals surface area contributed by atoms with Gasteiger partial charge in [-0.05, 0) is 23.8 Å². The van der Waals surface area contributed by atoms with Gasteiger partial charge in [0, 0.05) is 31.1 Å². The number of alkyl halides is 1. The monoisotopic (exact) mass is 303 g/mol. The lowest BCUT2D eigenvalue weighted by Gasteiger charge is -2.19. The van der Waals surface area contributed by atoms with Gasteiger partial charge in [0.25, 0.3) is 0 Å². The Hall–Kier alpha value is -2.21. The van der Waals surface area contributed by atoms with Crippen molar-refractivity contribution < 1.29 is 14.3 Å². The summed E-state index contributed by atoms with van der Waals surface area (Å²) in [6.07, 6.45) is 1.92. The zero-order valence-electron chi connectivity index (χ0n) is 12.1. The second kappa shape index (κ2) is 5.88. The molecule has 1 aliphatic rings. The summed E-state index contributed by atoms with van der Waals surface area (Å²) in [5, 5.41) is 12.8. The van der Waals surface area contributed by atoms with E-state index in [1.54, 1.807) is 6.20 Å². The molecule has 0 bridgehead atoms. The van der Waals surface area contributed by atoms with E-state index >= 15 is 0 Å². The van der Waals surface area contributed by atoms with Crippen LogP contribution in [-0.4, -0.2) is 46.4 Å². The molecule has 1 atom stereocenters. The number of hydrogen-bond donors (Lipinski definition) is 2. The van der Waals surface area contributed by atoms with Crippen LogP contribution in [0.2, 0.25) is 0 Å². The SMILES string of the molecule is O=C(NCc1ccc2ncccc2c1)N1CCC(F)(CO)C1. The Morgan fingerprint density at radius 1 is 1.45 bits per heavy atom. The number of likely N-dealkylation sites (tertiary alicyclic amines) is 1. The number of benzene rings is 1. The van der Waals surface area contributed by atoms with Gasteiger partial charge >= 0.3 is 6.03 Å². The number of urea groups is 1. The molecule has 2 aromatic rings. The molecule has 1 unspecified atom stereocenters. The predicted octanol–water partition coefficient (Wildman–Crippen LogP) is 1.85. The lowest BCUT2D eigenvalue weighted by atomic mass is 10.1. The Balaban J connectivity index is 1.60. The average Bonchev–Trinajstić information content (AvgIpc) is 2.95. The number of nitrogens with zero attached hydrogens (tertiary/aromatic N) is 2. The number of aromatic nitrogens is 1. The molecule has 1 aromatic carbocycles. The summed E-state index contributed by atoms with van der Waals surface area (Å²) in [7, 11) is 0. The molecule has 6 heteroatoms. The topological polar surface area (TPSA) is 65.5 Å². The second-order valence-electron chi connectivity index (χ2n) is 5.67. The van der Waals surface area contributed by atoms with E-state index in [1.165, 1.54) is 4.90 Å². The summed E-state index contributed by atoms with van der Waals surface area (Å²) in [6, 6.07) is 9.31. The number of rotatable bonds is 3. The molecule has 116 valence electrons. The van der Waals surface area contributed by atoms with Crippen molar-refractivity contribution in [3.8, 4) is 0 Å². The number of carbonyl (C=O) groups is 1. The fraction of sp³-hybridized carbons (Fsp3) is 0.375. The number of aliphatic hydroxyl groups excluding tert-OH is 1. The van der Waals surface area contributed by atoms with Crippen molar-refractivity contribution in [3.63, 3.8) is 0 Å². The molecular formula is C16H18FN3O2. The zero-order chi connectivity index (χ0) is 15.6. The Labute approximate surface area is 127 Å². The van der Waals surface area contributed by atoms with E-state index in [1.807, 2.05) is 30.3 Å². The van der Waals surface area contributed by atoms with Crippen LogP contribution in [0.5, 0.6) is 0 Å². The third-order valence-corrected chi connectivity index (χ3v) is 3.99. The number of nitrogens with one attached hydrogen (secondary N) is 1. The average molecular weight is 303 g/mol. The standard InChI is InChI=1S/C16H18FN3O2/c17-16(11-21)5-7-20(10-16)15(22)19-9-12-3-4-14-13(8-12)2-1-6-18-14/h1-4,6,8,21H,5,7,9-11H2,(H,19,22). The molecule has 0 radical (unpaired) electrons. The Morgan fingerprint density at radius 3 is 3.09 bits per heavy atom. The highest BCUT2D eigenvalue weighted by Crippen LogP contribution is 2.24. The van der Waals surface area contributed by atoms with E-state index < -0.39 is 12.3 Å². The maximum atomic E-state index is 13.9. The lowest BCUT2D eigenvalue weighted by molar-refractivity contribution is 0.0805. The molecular weight excluding hydrogens is 285 g/mol. The van der Waals surface area contributed by atoms with E-state index in [2.05, 4.69) is 10.3 Å². The molecule has 2 heterocycles. The number of pyridine rings is 1. The van der Waals surface area contributed by atoms with Crippen molar-refractivity contribution >= 4 is 16.9 Å². The fourth-order valence-corrected chi connectivity index (χ4v) is 2.66. The zero-order valence-corrected chi connectivity index (χ0v) is 12.1. The number of amides is 2. The minimum absolute atomic E-state index is 0.0586. The van der Waals surface area contributed by atoms with E-state index in [0.29, 0.717) is 13.1 Å². The maximum Gasteiger partial charge on any atom is 0.317 e. The molecule has 1 saturated heterocycles. The molecule has 1 fully saturated rings. The second-order valence-corrected chi connectivity index (χ2v) is 5.67. The van der Waals surface area contributed by atoms with Crippen LogP contribution in [0.3, 0.4) is 0 Å². The molecule has 0 spiro atoms. The summed E-state index contributed by atoms with van der Waals surface area (Å²) >= 11 is 0. The van der Waals surface area contributed by atoms with Gasteiger partial charge in [-0.3, -0.25) is 4.98 Å². The first-order valence-electron chi connectivity index (χ1n) is 7.26. The highest BCUT2D eigenvalue weighted by Gasteiger charge is 2.39. The summed E-state index contributed by atoms with van der Waals surface area (Å²) in [4.78, 5) is 17.7. The summed E-state index contributed by atoms with van der Waals surface area (Å²) < 4.78 is 13.9. The van der Waals surface area contributed by atoms with E-state index in [-0.39, 0.29) is 19.0 Å². The highest BCUT2D eigenvalue weighted by molar-refractivity contribution is 5.79. The highest BCUT2D eigenvalue weighted by atomic mass is 19.1. The van der Waals surface area contributed by atoms with Crippen LogP contribution >= 0.6 is 0 Å². The first kappa shape index (κ1) is 14.7. The molecule has 2 amide bonds. The quantitative estimate of drug-likeness (QED) is 0.909. The molecule has 5 nitrogen and oxygen atoms in total. The Kier molecular flexibility index (Phi) is 3.94. The first-order valence-corrected chi connectivity index (χ1v) is 7.26. The van der Waals surface area contributed by atoms with Crippen molar-refractivity contribution in [1.82, 2.24) is 15.2 Å². The molecule has 0 aliphatic carbocycles. The smallest absolute Gasteiger partial charge is 0.317 e. The minimum Gasteiger partial charge on any atom is -0.393 e. The van der Waals surface area contributed by atoms with Crippen LogP contribution in [0, 0.1) is 0 Å².